The molecule has 1 N–H and O–H groups in total. The predicted octanol–water partition coefficient (Wildman–Crippen LogP) is 1.45. The third kappa shape index (κ3) is 2.41. The number of hydrogen-bond acceptors (Lipinski definition) is 5. The fourth-order valence-electron chi connectivity index (χ4n) is 1.33. The van der Waals surface area contributed by atoms with Gasteiger partial charge in [0.2, 0.25) is 5.69 Å². The van der Waals surface area contributed by atoms with Gasteiger partial charge in [0, 0.05) is 12.1 Å². The van der Waals surface area contributed by atoms with Gasteiger partial charge in [-0.25, -0.2) is 0 Å². The molecule has 0 aliphatic carbocycles. The van der Waals surface area contributed by atoms with Crippen LogP contribution in [0, 0.1) is 12.1 Å². The Kier molecular flexibility index (Phi) is 3.04. The van der Waals surface area contributed by atoms with E-state index in [0.717, 1.165) is 5.69 Å². The van der Waals surface area contributed by atoms with Crippen molar-refractivity contribution in [2.75, 3.05) is 5.43 Å². The van der Waals surface area contributed by atoms with E-state index in [1.165, 1.54) is 0 Å². The lowest BCUT2D eigenvalue weighted by molar-refractivity contribution is -0.806. The van der Waals surface area contributed by atoms with Crippen LogP contribution in [0.4, 0.5) is 5.69 Å². The Morgan fingerprint density at radius 3 is 2.71 bits per heavy atom. The van der Waals surface area contributed by atoms with Gasteiger partial charge in [0.1, 0.15) is 5.71 Å². The van der Waals surface area contributed by atoms with Crippen LogP contribution in [0.1, 0.15) is 18.3 Å². The van der Waals surface area contributed by atoms with Gasteiger partial charge in [-0.3, -0.25) is 10.1 Å². The van der Waals surface area contributed by atoms with Crippen LogP contribution in [-0.4, -0.2) is 10.9 Å². The number of anilines is 1. The summed E-state index contributed by atoms with van der Waals surface area (Å²) in [7, 11) is 0. The van der Waals surface area contributed by atoms with Gasteiger partial charge in [-0.1, -0.05) is 18.2 Å². The lowest BCUT2D eigenvalue weighted by Crippen LogP contribution is -2.26. The zero-order valence-corrected chi connectivity index (χ0v) is 9.54. The summed E-state index contributed by atoms with van der Waals surface area (Å²) >= 11 is 0. The van der Waals surface area contributed by atoms with Gasteiger partial charge in [-0.2, -0.15) is 5.10 Å². The molecule has 0 radical (unpaired) electrons. The number of hydrogen-bond donors (Lipinski definition) is 1. The van der Waals surface area contributed by atoms with E-state index in [0.29, 0.717) is 22.0 Å². The highest BCUT2D eigenvalue weighted by Gasteiger charge is 2.17. The van der Waals surface area contributed by atoms with Crippen LogP contribution < -0.4 is 10.3 Å². The summed E-state index contributed by atoms with van der Waals surface area (Å²) in [6.07, 6.45) is 0. The first-order valence-electron chi connectivity index (χ1n) is 5.10. The molecule has 0 saturated heterocycles. The Morgan fingerprint density at radius 1 is 1.41 bits per heavy atom. The minimum Gasteiger partial charge on any atom is -0.359 e. The van der Waals surface area contributed by atoms with Gasteiger partial charge < -0.3 is 5.21 Å². The van der Waals surface area contributed by atoms with E-state index >= 15 is 0 Å². The maximum absolute atomic E-state index is 11.0. The Balaban J connectivity index is 2.15. The van der Waals surface area contributed by atoms with Crippen molar-refractivity contribution in [1.82, 2.24) is 5.16 Å². The van der Waals surface area contributed by atoms with Crippen molar-refractivity contribution >= 4 is 11.4 Å². The molecule has 0 atom stereocenters. The summed E-state index contributed by atoms with van der Waals surface area (Å²) in [6, 6.07) is 9.50. The number of rotatable bonds is 3. The first-order chi connectivity index (χ1) is 8.18. The lowest BCUT2D eigenvalue weighted by atomic mass is 10.2. The molecule has 1 aromatic carbocycles. The second-order valence-electron chi connectivity index (χ2n) is 3.54. The summed E-state index contributed by atoms with van der Waals surface area (Å²) in [4.78, 5) is 0.358. The average molecular weight is 232 g/mol. The van der Waals surface area contributed by atoms with Crippen LogP contribution in [0.5, 0.6) is 0 Å². The minimum absolute atomic E-state index is 0.358. The molecule has 0 bridgehead atoms. The predicted molar refractivity (Wildman–Crippen MR) is 62.5 cm³/mol. The molecular formula is C11H12N4O2. The molecule has 2 aromatic rings. The highest BCUT2D eigenvalue weighted by molar-refractivity contribution is 5.97. The smallest absolute Gasteiger partial charge is 0.266 e. The van der Waals surface area contributed by atoms with E-state index in [1.54, 1.807) is 13.8 Å². The number of hydrazone groups is 1. The molecule has 17 heavy (non-hydrogen) atoms. The Bertz CT molecular complexity index is 534. The number of nitrogens with zero attached hydrogens (tertiary/aromatic N) is 3. The second-order valence-corrected chi connectivity index (χ2v) is 3.54. The molecule has 0 fully saturated rings. The minimum atomic E-state index is 0.358. The van der Waals surface area contributed by atoms with Gasteiger partial charge in [0.15, 0.2) is 0 Å². The summed E-state index contributed by atoms with van der Waals surface area (Å²) < 4.78 is 4.47. The van der Waals surface area contributed by atoms with Crippen molar-refractivity contribution in [2.45, 2.75) is 13.8 Å². The van der Waals surface area contributed by atoms with Crippen molar-refractivity contribution in [3.05, 3.63) is 46.9 Å². The number of nitrogens with one attached hydrogen (secondary N) is 1. The molecule has 0 aliphatic heterocycles. The third-order valence-corrected chi connectivity index (χ3v) is 2.29. The number of aromatic nitrogens is 2. The van der Waals surface area contributed by atoms with Crippen LogP contribution in [-0.2, 0) is 0 Å². The molecule has 6 nitrogen and oxygen atoms in total. The molecular weight excluding hydrogens is 220 g/mol. The molecule has 0 aliphatic rings. The highest BCUT2D eigenvalue weighted by atomic mass is 16.8. The SMILES string of the molecule is C/C(=N/Nc1ccccc1)c1no[n+]([O-])c1C. The monoisotopic (exact) mass is 232 g/mol. The molecule has 88 valence electrons. The van der Waals surface area contributed by atoms with Gasteiger partial charge in [0.25, 0.3) is 5.69 Å². The molecule has 1 heterocycles. The topological polar surface area (TPSA) is 77.4 Å². The second kappa shape index (κ2) is 4.65. The molecule has 0 saturated carbocycles. The van der Waals surface area contributed by atoms with E-state index < -0.39 is 0 Å². The highest BCUT2D eigenvalue weighted by Crippen LogP contribution is 2.06. The fraction of sp³-hybridized carbons (Fsp3) is 0.182. The molecule has 0 spiro atoms. The molecule has 0 unspecified atom stereocenters. The largest absolute Gasteiger partial charge is 0.359 e. The van der Waals surface area contributed by atoms with Crippen molar-refractivity contribution < 1.29 is 9.53 Å². The maximum atomic E-state index is 11.0. The van der Waals surface area contributed by atoms with Crippen LogP contribution in [0.3, 0.4) is 0 Å². The van der Waals surface area contributed by atoms with Gasteiger partial charge in [-0.15, -0.1) is 0 Å². The van der Waals surface area contributed by atoms with Crippen LogP contribution in [0.2, 0.25) is 0 Å². The van der Waals surface area contributed by atoms with Crippen molar-refractivity contribution in [2.24, 2.45) is 5.10 Å². The zero-order chi connectivity index (χ0) is 12.3. The Morgan fingerprint density at radius 2 is 2.12 bits per heavy atom. The summed E-state index contributed by atoms with van der Waals surface area (Å²) in [5, 5.41) is 18.8. The number of benzene rings is 1. The summed E-state index contributed by atoms with van der Waals surface area (Å²) in [5.74, 6) is 0. The lowest BCUT2D eigenvalue weighted by Gasteiger charge is -1.99. The molecule has 2 rings (SSSR count). The van der Waals surface area contributed by atoms with Crippen molar-refractivity contribution in [3.8, 4) is 0 Å². The van der Waals surface area contributed by atoms with E-state index in [9.17, 15) is 5.21 Å². The van der Waals surface area contributed by atoms with E-state index in [-0.39, 0.29) is 0 Å². The maximum Gasteiger partial charge on any atom is 0.266 e. The van der Waals surface area contributed by atoms with Gasteiger partial charge in [0.05, 0.1) is 5.69 Å². The fourth-order valence-corrected chi connectivity index (χ4v) is 1.33. The first kappa shape index (κ1) is 11.1. The van der Waals surface area contributed by atoms with Gasteiger partial charge in [-0.05, 0) is 24.0 Å². The Hall–Kier alpha value is -2.37. The summed E-state index contributed by atoms with van der Waals surface area (Å²) in [5.41, 5.74) is 5.16. The zero-order valence-electron chi connectivity index (χ0n) is 9.54. The average Bonchev–Trinajstić information content (AvgIpc) is 2.69. The summed E-state index contributed by atoms with van der Waals surface area (Å²) in [6.45, 7) is 3.38. The quantitative estimate of drug-likeness (QED) is 0.493. The molecule has 6 heteroatoms. The van der Waals surface area contributed by atoms with E-state index in [2.05, 4.69) is 20.3 Å². The normalized spacial score (nSPS) is 11.5. The first-order valence-corrected chi connectivity index (χ1v) is 5.10. The third-order valence-electron chi connectivity index (χ3n) is 2.29. The number of para-hydroxylation sites is 1. The van der Waals surface area contributed by atoms with Crippen molar-refractivity contribution in [1.29, 1.82) is 0 Å². The van der Waals surface area contributed by atoms with Crippen molar-refractivity contribution in [3.63, 3.8) is 0 Å². The van der Waals surface area contributed by atoms with Crippen LogP contribution in [0.25, 0.3) is 0 Å². The van der Waals surface area contributed by atoms with E-state index in [4.69, 9.17) is 0 Å². The van der Waals surface area contributed by atoms with Gasteiger partial charge >= 0.3 is 0 Å². The van der Waals surface area contributed by atoms with Crippen LogP contribution in [0.15, 0.2) is 40.1 Å². The standard InChI is InChI=1S/C11H12N4O2/c1-8(11-9(2)15(16)17-14-11)12-13-10-6-4-3-5-7-10/h3-7,13H,1-2H3/b12-8-. The molecule has 1 aromatic heterocycles. The Labute approximate surface area is 98.1 Å². The van der Waals surface area contributed by atoms with Crippen LogP contribution >= 0.6 is 0 Å². The molecule has 0 amide bonds. The van der Waals surface area contributed by atoms with E-state index in [1.807, 2.05) is 30.3 Å².